The van der Waals surface area contributed by atoms with Crippen molar-refractivity contribution in [3.8, 4) is 0 Å². The number of hydroxylamine groups is 1. The van der Waals surface area contributed by atoms with Crippen LogP contribution in [0.2, 0.25) is 0 Å². The third-order valence-corrected chi connectivity index (χ3v) is 4.87. The summed E-state index contributed by atoms with van der Waals surface area (Å²) in [6.07, 6.45) is 0. The van der Waals surface area contributed by atoms with Gasteiger partial charge in [-0.3, -0.25) is 9.63 Å². The first-order valence-corrected chi connectivity index (χ1v) is 8.10. The minimum atomic E-state index is -3.95. The molecule has 2 rings (SSSR count). The number of nitrogens with one attached hydrogen (secondary N) is 1. The van der Waals surface area contributed by atoms with Crippen molar-refractivity contribution in [1.29, 1.82) is 0 Å². The number of hydrogen-bond acceptors (Lipinski definition) is 4. The number of amides is 1. The van der Waals surface area contributed by atoms with Crippen molar-refractivity contribution in [1.82, 2.24) is 4.47 Å². The molecule has 0 aliphatic carbocycles. The molecule has 0 saturated carbocycles. The molecular weight excluding hydrogens is 342 g/mol. The van der Waals surface area contributed by atoms with Gasteiger partial charge in [0.15, 0.2) is 0 Å². The fourth-order valence-electron chi connectivity index (χ4n) is 1.85. The summed E-state index contributed by atoms with van der Waals surface area (Å²) in [5.74, 6) is -2.73. The number of nitrogens with zero attached hydrogens (tertiary/aromatic N) is 1. The Morgan fingerprint density at radius 1 is 1.12 bits per heavy atom. The summed E-state index contributed by atoms with van der Waals surface area (Å²) >= 11 is 0. The molecule has 0 fully saturated rings. The fraction of sp³-hybridized carbons (Fsp3) is 0.133. The summed E-state index contributed by atoms with van der Waals surface area (Å²) in [6.45, 7) is 0. The zero-order chi connectivity index (χ0) is 17.9. The quantitative estimate of drug-likeness (QED) is 0.835. The Bertz CT molecular complexity index is 851. The molecule has 2 aromatic rings. The van der Waals surface area contributed by atoms with Crippen molar-refractivity contribution in [2.45, 2.75) is 4.90 Å². The molecule has 0 unspecified atom stereocenters. The molecular formula is C15H14F2N2O4S. The van der Waals surface area contributed by atoms with Crippen LogP contribution < -0.4 is 5.32 Å². The smallest absolute Gasteiger partial charge is 0.264 e. The Hall–Kier alpha value is -2.36. The van der Waals surface area contributed by atoms with E-state index in [9.17, 15) is 22.0 Å². The van der Waals surface area contributed by atoms with Gasteiger partial charge in [0.05, 0.1) is 12.0 Å². The van der Waals surface area contributed by atoms with Crippen LogP contribution in [0.1, 0.15) is 10.4 Å². The van der Waals surface area contributed by atoms with Gasteiger partial charge in [-0.2, -0.15) is 0 Å². The van der Waals surface area contributed by atoms with E-state index in [0.29, 0.717) is 4.47 Å². The molecule has 128 valence electrons. The van der Waals surface area contributed by atoms with Gasteiger partial charge >= 0.3 is 0 Å². The van der Waals surface area contributed by atoms with Gasteiger partial charge in [0, 0.05) is 12.6 Å². The first kappa shape index (κ1) is 18.0. The molecule has 24 heavy (non-hydrogen) atoms. The Morgan fingerprint density at radius 3 is 2.29 bits per heavy atom. The highest BCUT2D eigenvalue weighted by molar-refractivity contribution is 7.89. The van der Waals surface area contributed by atoms with Gasteiger partial charge in [-0.25, -0.2) is 17.2 Å². The predicted octanol–water partition coefficient (Wildman–Crippen LogP) is 2.40. The molecule has 0 saturated heterocycles. The van der Waals surface area contributed by atoms with Gasteiger partial charge in [-0.1, -0.05) is 16.6 Å². The van der Waals surface area contributed by atoms with E-state index in [0.717, 1.165) is 24.3 Å². The van der Waals surface area contributed by atoms with Crippen molar-refractivity contribution in [3.05, 3.63) is 59.7 Å². The number of benzene rings is 2. The summed E-state index contributed by atoms with van der Waals surface area (Å²) in [7, 11) is -1.58. The summed E-state index contributed by atoms with van der Waals surface area (Å²) in [4.78, 5) is 16.6. The maximum atomic E-state index is 13.6. The standard InChI is InChI=1S/C15H14F2N2O4S/c1-19(23-2)24(21,22)11-6-3-5-10(9-11)15(20)18-14-12(16)7-4-8-13(14)17/h3-9H,1-2H3,(H,18,20). The SMILES string of the molecule is CON(C)S(=O)(=O)c1cccc(C(=O)Nc2c(F)cccc2F)c1. The van der Waals surface area contributed by atoms with E-state index < -0.39 is 33.3 Å². The number of rotatable bonds is 5. The minimum absolute atomic E-state index is 0.0803. The molecule has 0 aliphatic rings. The van der Waals surface area contributed by atoms with Gasteiger partial charge < -0.3 is 5.32 Å². The Morgan fingerprint density at radius 2 is 1.71 bits per heavy atom. The van der Waals surface area contributed by atoms with Gasteiger partial charge in [-0.15, -0.1) is 0 Å². The topological polar surface area (TPSA) is 75.7 Å². The fourth-order valence-corrected chi connectivity index (χ4v) is 2.87. The van der Waals surface area contributed by atoms with E-state index in [1.54, 1.807) is 0 Å². The number of anilines is 1. The molecule has 0 aromatic heterocycles. The van der Waals surface area contributed by atoms with E-state index in [4.69, 9.17) is 0 Å². The number of halogens is 2. The van der Waals surface area contributed by atoms with E-state index in [-0.39, 0.29) is 10.5 Å². The second-order valence-corrected chi connectivity index (χ2v) is 6.61. The second-order valence-electron chi connectivity index (χ2n) is 4.68. The van der Waals surface area contributed by atoms with Gasteiger partial charge in [-0.05, 0) is 30.3 Å². The van der Waals surface area contributed by atoms with Gasteiger partial charge in [0.25, 0.3) is 15.9 Å². The Balaban J connectivity index is 2.34. The maximum Gasteiger partial charge on any atom is 0.264 e. The summed E-state index contributed by atoms with van der Waals surface area (Å²) in [6, 6.07) is 8.15. The maximum absolute atomic E-state index is 13.6. The van der Waals surface area contributed by atoms with Crippen LogP contribution in [0, 0.1) is 11.6 Å². The van der Waals surface area contributed by atoms with Crippen molar-refractivity contribution < 1.29 is 26.8 Å². The van der Waals surface area contributed by atoms with Crippen LogP contribution in [0.15, 0.2) is 47.4 Å². The first-order valence-electron chi connectivity index (χ1n) is 6.66. The van der Waals surface area contributed by atoms with E-state index in [1.165, 1.54) is 32.4 Å². The predicted molar refractivity (Wildman–Crippen MR) is 82.7 cm³/mol. The Labute approximate surface area is 137 Å². The zero-order valence-electron chi connectivity index (χ0n) is 12.8. The molecule has 0 atom stereocenters. The summed E-state index contributed by atoms with van der Waals surface area (Å²) < 4.78 is 52.1. The molecule has 2 aromatic carbocycles. The van der Waals surface area contributed by atoms with Gasteiger partial charge in [0.1, 0.15) is 17.3 Å². The van der Waals surface area contributed by atoms with Crippen LogP contribution in [0.5, 0.6) is 0 Å². The summed E-state index contributed by atoms with van der Waals surface area (Å²) in [5.41, 5.74) is -0.687. The zero-order valence-corrected chi connectivity index (χ0v) is 13.6. The van der Waals surface area contributed by atoms with Crippen molar-refractivity contribution in [2.24, 2.45) is 0 Å². The number of carbonyl (C=O) groups is 1. The van der Waals surface area contributed by atoms with E-state index in [1.807, 2.05) is 0 Å². The van der Waals surface area contributed by atoms with Crippen LogP contribution in [0.4, 0.5) is 14.5 Å². The van der Waals surface area contributed by atoms with Crippen molar-refractivity contribution in [2.75, 3.05) is 19.5 Å². The molecule has 0 radical (unpaired) electrons. The van der Waals surface area contributed by atoms with Crippen LogP contribution >= 0.6 is 0 Å². The monoisotopic (exact) mass is 356 g/mol. The van der Waals surface area contributed by atoms with Crippen LogP contribution in [0.25, 0.3) is 0 Å². The average Bonchev–Trinajstić information content (AvgIpc) is 2.57. The highest BCUT2D eigenvalue weighted by atomic mass is 32.2. The molecule has 1 N–H and O–H groups in total. The third kappa shape index (κ3) is 3.58. The lowest BCUT2D eigenvalue weighted by molar-refractivity contribution is -0.0258. The average molecular weight is 356 g/mol. The van der Waals surface area contributed by atoms with Crippen molar-refractivity contribution >= 4 is 21.6 Å². The molecule has 0 aliphatic heterocycles. The van der Waals surface area contributed by atoms with Crippen molar-refractivity contribution in [3.63, 3.8) is 0 Å². The Kier molecular flexibility index (Phi) is 5.27. The second kappa shape index (κ2) is 7.04. The number of hydrogen-bond donors (Lipinski definition) is 1. The largest absolute Gasteiger partial charge is 0.317 e. The van der Waals surface area contributed by atoms with E-state index in [2.05, 4.69) is 10.2 Å². The number of para-hydroxylation sites is 1. The molecule has 0 bridgehead atoms. The van der Waals surface area contributed by atoms with Gasteiger partial charge in [0.2, 0.25) is 0 Å². The summed E-state index contributed by atoms with van der Waals surface area (Å²) in [5, 5.41) is 2.09. The van der Waals surface area contributed by atoms with Crippen LogP contribution in [-0.2, 0) is 14.9 Å². The third-order valence-electron chi connectivity index (χ3n) is 3.19. The highest BCUT2D eigenvalue weighted by Gasteiger charge is 2.22. The van der Waals surface area contributed by atoms with Crippen LogP contribution in [-0.4, -0.2) is 33.0 Å². The molecule has 1 amide bonds. The molecule has 0 spiro atoms. The lowest BCUT2D eigenvalue weighted by atomic mass is 10.2. The lowest BCUT2D eigenvalue weighted by Crippen LogP contribution is -2.26. The normalized spacial score (nSPS) is 11.5. The van der Waals surface area contributed by atoms with Crippen LogP contribution in [0.3, 0.4) is 0 Å². The number of sulfonamides is 1. The molecule has 9 heteroatoms. The van der Waals surface area contributed by atoms with E-state index >= 15 is 0 Å². The molecule has 6 nitrogen and oxygen atoms in total. The lowest BCUT2D eigenvalue weighted by Gasteiger charge is -2.14. The number of carbonyl (C=O) groups excluding carboxylic acids is 1. The minimum Gasteiger partial charge on any atom is -0.317 e. The highest BCUT2D eigenvalue weighted by Crippen LogP contribution is 2.20. The molecule has 0 heterocycles. The first-order chi connectivity index (χ1) is 11.3.